The molecular formula is C31H40F2N4O7S. The molecule has 0 aromatic heterocycles. The molecule has 45 heavy (non-hydrogen) atoms. The Hall–Kier alpha value is -3.78. The van der Waals surface area contributed by atoms with Crippen LogP contribution in [-0.4, -0.2) is 97.1 Å². The third-order valence-corrected chi connectivity index (χ3v) is 9.54. The third-order valence-electron chi connectivity index (χ3n) is 8.27. The third kappa shape index (κ3) is 7.72. The molecule has 0 bridgehead atoms. The maximum atomic E-state index is 14.2. The molecule has 4 rings (SSSR count). The van der Waals surface area contributed by atoms with E-state index in [2.05, 4.69) is 5.32 Å². The standard InChI is InChI=1S/C31H40F2N4O7S/c1-19(35(5)30(40)43-18-20-10-8-7-9-11-20)28(38)34-27(31(2,3)4)29(39)36-15-14-24-26(36)25(17-37(24)45(6,41)42)44-21-12-13-22(32)23(33)16-21/h7-13,16,19,24-27H,14-15,17-18H2,1-6H3,(H,34,38). The van der Waals surface area contributed by atoms with Crippen LogP contribution in [-0.2, 0) is 31.0 Å². The average molecular weight is 651 g/mol. The number of carbonyl (C=O) groups excluding carboxylic acids is 3. The predicted octanol–water partition coefficient (Wildman–Crippen LogP) is 3.14. The SMILES string of the molecule is CC(C(=O)NC(C(=O)N1CCC2C1C(Oc1ccc(F)c(F)c1)CN2S(C)(=O)=O)C(C)(C)C)N(C)C(=O)OCc1ccccc1. The smallest absolute Gasteiger partial charge is 0.410 e. The fraction of sp³-hybridized carbons (Fsp3) is 0.516. The van der Waals surface area contributed by atoms with Crippen molar-refractivity contribution >= 4 is 27.9 Å². The van der Waals surface area contributed by atoms with Crippen LogP contribution in [0.5, 0.6) is 5.75 Å². The van der Waals surface area contributed by atoms with Gasteiger partial charge in [-0.05, 0) is 36.5 Å². The zero-order valence-corrected chi connectivity index (χ0v) is 27.0. The van der Waals surface area contributed by atoms with E-state index in [0.29, 0.717) is 6.42 Å². The van der Waals surface area contributed by atoms with Crippen LogP contribution in [0.25, 0.3) is 0 Å². The van der Waals surface area contributed by atoms with Gasteiger partial charge < -0.3 is 19.7 Å². The molecule has 1 N–H and O–H groups in total. The Morgan fingerprint density at radius 2 is 1.76 bits per heavy atom. The summed E-state index contributed by atoms with van der Waals surface area (Å²) in [5.41, 5.74) is -0.00505. The van der Waals surface area contributed by atoms with Crippen LogP contribution in [0.15, 0.2) is 48.5 Å². The lowest BCUT2D eigenvalue weighted by atomic mass is 9.85. The lowest BCUT2D eigenvalue weighted by Gasteiger charge is -2.37. The van der Waals surface area contributed by atoms with Crippen molar-refractivity contribution in [1.29, 1.82) is 0 Å². The highest BCUT2D eigenvalue weighted by molar-refractivity contribution is 7.88. The molecule has 14 heteroatoms. The number of hydrogen-bond acceptors (Lipinski definition) is 7. The molecule has 2 fully saturated rings. The van der Waals surface area contributed by atoms with Crippen molar-refractivity contribution in [2.24, 2.45) is 5.41 Å². The van der Waals surface area contributed by atoms with E-state index in [4.69, 9.17) is 9.47 Å². The number of rotatable bonds is 9. The second-order valence-corrected chi connectivity index (χ2v) is 14.5. The van der Waals surface area contributed by atoms with Gasteiger partial charge in [0.05, 0.1) is 24.9 Å². The van der Waals surface area contributed by atoms with E-state index in [0.717, 1.165) is 28.9 Å². The first-order chi connectivity index (χ1) is 21.0. The highest BCUT2D eigenvalue weighted by atomic mass is 32.2. The van der Waals surface area contributed by atoms with E-state index in [-0.39, 0.29) is 25.4 Å². The first-order valence-corrected chi connectivity index (χ1v) is 16.5. The first-order valence-electron chi connectivity index (χ1n) is 14.6. The van der Waals surface area contributed by atoms with Crippen LogP contribution in [0.4, 0.5) is 13.6 Å². The van der Waals surface area contributed by atoms with Crippen LogP contribution >= 0.6 is 0 Å². The maximum absolute atomic E-state index is 14.2. The lowest BCUT2D eigenvalue weighted by molar-refractivity contribution is -0.142. The molecule has 2 heterocycles. The molecule has 2 aromatic carbocycles. The molecule has 0 spiro atoms. The van der Waals surface area contributed by atoms with Crippen molar-refractivity contribution < 1.29 is 41.1 Å². The number of amides is 3. The summed E-state index contributed by atoms with van der Waals surface area (Å²) in [6.07, 6.45) is -0.221. The monoisotopic (exact) mass is 650 g/mol. The zero-order chi connectivity index (χ0) is 33.3. The van der Waals surface area contributed by atoms with Crippen LogP contribution < -0.4 is 10.1 Å². The normalized spacial score (nSPS) is 21.5. The minimum absolute atomic E-state index is 0.0102. The van der Waals surface area contributed by atoms with E-state index >= 15 is 0 Å². The molecule has 3 amide bonds. The number of halogens is 2. The number of nitrogens with zero attached hydrogens (tertiary/aromatic N) is 3. The molecule has 0 radical (unpaired) electrons. The van der Waals surface area contributed by atoms with E-state index < -0.39 is 75.3 Å². The van der Waals surface area contributed by atoms with Gasteiger partial charge in [0.1, 0.15) is 30.5 Å². The second kappa shape index (κ2) is 13.3. The van der Waals surface area contributed by atoms with Gasteiger partial charge in [-0.15, -0.1) is 0 Å². The van der Waals surface area contributed by atoms with E-state index in [1.165, 1.54) is 29.2 Å². The molecule has 5 atom stereocenters. The first kappa shape index (κ1) is 34.1. The molecule has 2 aromatic rings. The summed E-state index contributed by atoms with van der Waals surface area (Å²) in [5.74, 6) is -3.24. The quantitative estimate of drug-likeness (QED) is 0.442. The van der Waals surface area contributed by atoms with Gasteiger partial charge >= 0.3 is 6.09 Å². The number of ether oxygens (including phenoxy) is 2. The summed E-state index contributed by atoms with van der Waals surface area (Å²) >= 11 is 0. The lowest BCUT2D eigenvalue weighted by Crippen LogP contribution is -2.60. The molecule has 11 nitrogen and oxygen atoms in total. The van der Waals surface area contributed by atoms with Crippen LogP contribution in [0.2, 0.25) is 0 Å². The van der Waals surface area contributed by atoms with Crippen molar-refractivity contribution in [3.8, 4) is 5.75 Å². The van der Waals surface area contributed by atoms with Crippen molar-refractivity contribution in [1.82, 2.24) is 19.4 Å². The van der Waals surface area contributed by atoms with Crippen LogP contribution in [0.3, 0.4) is 0 Å². The number of hydrogen-bond donors (Lipinski definition) is 1. The molecular weight excluding hydrogens is 610 g/mol. The number of likely N-dealkylation sites (N-methyl/N-ethyl adjacent to an activating group) is 1. The summed E-state index contributed by atoms with van der Waals surface area (Å²) < 4.78 is 65.4. The Morgan fingerprint density at radius 1 is 1.09 bits per heavy atom. The minimum atomic E-state index is -3.70. The number of nitrogens with one attached hydrogen (secondary N) is 1. The van der Waals surface area contributed by atoms with Gasteiger partial charge in [0.25, 0.3) is 0 Å². The highest BCUT2D eigenvalue weighted by Gasteiger charge is 2.55. The van der Waals surface area contributed by atoms with Crippen molar-refractivity contribution in [3.63, 3.8) is 0 Å². The summed E-state index contributed by atoms with van der Waals surface area (Å²) in [6, 6.07) is 8.68. The largest absolute Gasteiger partial charge is 0.487 e. The van der Waals surface area contributed by atoms with Gasteiger partial charge in [0.15, 0.2) is 11.6 Å². The summed E-state index contributed by atoms with van der Waals surface area (Å²) in [5, 5.41) is 2.80. The minimum Gasteiger partial charge on any atom is -0.487 e. The molecule has 0 saturated carbocycles. The van der Waals surface area contributed by atoms with Crippen LogP contribution in [0, 0.1) is 17.0 Å². The summed E-state index contributed by atoms with van der Waals surface area (Å²) in [4.78, 5) is 42.9. The number of benzene rings is 2. The molecule has 0 aliphatic carbocycles. The predicted molar refractivity (Wildman–Crippen MR) is 161 cm³/mol. The maximum Gasteiger partial charge on any atom is 0.410 e. The number of carbonyl (C=O) groups is 3. The fourth-order valence-corrected chi connectivity index (χ4v) is 6.83. The average Bonchev–Trinajstić information content (AvgIpc) is 3.56. The van der Waals surface area contributed by atoms with E-state index in [9.17, 15) is 31.6 Å². The number of sulfonamides is 1. The Kier molecular flexibility index (Phi) is 10.1. The van der Waals surface area contributed by atoms with E-state index in [1.54, 1.807) is 32.9 Å². The summed E-state index contributed by atoms with van der Waals surface area (Å²) in [6.45, 7) is 6.95. The fourth-order valence-electron chi connectivity index (χ4n) is 5.69. The van der Waals surface area contributed by atoms with Crippen molar-refractivity contribution in [2.75, 3.05) is 26.4 Å². The molecule has 246 valence electrons. The molecule has 2 aliphatic heterocycles. The molecule has 2 saturated heterocycles. The van der Waals surface area contributed by atoms with Crippen LogP contribution in [0.1, 0.15) is 39.7 Å². The Balaban J connectivity index is 1.51. The van der Waals surface area contributed by atoms with E-state index in [1.807, 2.05) is 18.2 Å². The Labute approximate surface area is 262 Å². The van der Waals surface area contributed by atoms with Gasteiger partial charge in [0.2, 0.25) is 21.8 Å². The van der Waals surface area contributed by atoms with Gasteiger partial charge in [-0.2, -0.15) is 4.31 Å². The van der Waals surface area contributed by atoms with Gasteiger partial charge in [-0.3, -0.25) is 14.5 Å². The zero-order valence-electron chi connectivity index (χ0n) is 26.2. The molecule has 2 aliphatic rings. The topological polar surface area (TPSA) is 126 Å². The Bertz CT molecular complexity index is 1520. The Morgan fingerprint density at radius 3 is 2.36 bits per heavy atom. The van der Waals surface area contributed by atoms with Crippen molar-refractivity contribution in [3.05, 3.63) is 65.7 Å². The van der Waals surface area contributed by atoms with Gasteiger partial charge in [-0.25, -0.2) is 22.0 Å². The molecule has 5 unspecified atom stereocenters. The number of fused-ring (bicyclic) bond motifs is 1. The van der Waals surface area contributed by atoms with Gasteiger partial charge in [0, 0.05) is 19.7 Å². The summed E-state index contributed by atoms with van der Waals surface area (Å²) in [7, 11) is -2.28. The van der Waals surface area contributed by atoms with Crippen molar-refractivity contribution in [2.45, 2.75) is 71.0 Å². The number of likely N-dealkylation sites (tertiary alicyclic amines) is 1. The highest BCUT2D eigenvalue weighted by Crippen LogP contribution is 2.37. The van der Waals surface area contributed by atoms with Gasteiger partial charge in [-0.1, -0.05) is 51.1 Å². The second-order valence-electron chi connectivity index (χ2n) is 12.6.